The maximum absolute atomic E-state index is 12.5. The first-order valence-electron chi connectivity index (χ1n) is 19.5. The SMILES string of the molecule is CC/C=C\C/C=C\C/C=C\C/C=C\CCCCC(=O)O[C@H](COC(=O)CCC/C=C\C/C=C\C/C=C\C/C=C\C=C\[C@@H](O)CC)COP(=O)(O)OCCN. The molecule has 11 heteroatoms. The van der Waals surface area contributed by atoms with Crippen molar-refractivity contribution in [1.82, 2.24) is 0 Å². The van der Waals surface area contributed by atoms with E-state index in [1.165, 1.54) is 0 Å². The number of hydrogen-bond acceptors (Lipinski definition) is 9. The van der Waals surface area contributed by atoms with Crippen LogP contribution in [0.15, 0.2) is 109 Å². The van der Waals surface area contributed by atoms with Crippen molar-refractivity contribution in [3.05, 3.63) is 109 Å². The third kappa shape index (κ3) is 37.0. The number of carbonyl (C=O) groups is 2. The van der Waals surface area contributed by atoms with Crippen LogP contribution < -0.4 is 5.73 Å². The zero-order chi connectivity index (χ0) is 39.8. The van der Waals surface area contributed by atoms with Gasteiger partial charge in [-0.15, -0.1) is 0 Å². The number of aliphatic hydroxyl groups is 1. The summed E-state index contributed by atoms with van der Waals surface area (Å²) in [5.41, 5.74) is 5.32. The number of unbranched alkanes of at least 4 members (excludes halogenated alkanes) is 3. The maximum Gasteiger partial charge on any atom is 0.472 e. The molecule has 0 aromatic carbocycles. The van der Waals surface area contributed by atoms with Crippen LogP contribution >= 0.6 is 7.82 Å². The summed E-state index contributed by atoms with van der Waals surface area (Å²) >= 11 is 0. The largest absolute Gasteiger partial charge is 0.472 e. The van der Waals surface area contributed by atoms with E-state index in [2.05, 4.69) is 79.8 Å². The molecular formula is C43H68NO9P. The molecule has 3 atom stereocenters. The van der Waals surface area contributed by atoms with E-state index in [-0.39, 0.29) is 38.7 Å². The van der Waals surface area contributed by atoms with Crippen LogP contribution in [0.1, 0.15) is 110 Å². The van der Waals surface area contributed by atoms with Gasteiger partial charge in [-0.1, -0.05) is 123 Å². The van der Waals surface area contributed by atoms with E-state index >= 15 is 0 Å². The van der Waals surface area contributed by atoms with E-state index in [0.29, 0.717) is 25.7 Å². The average Bonchev–Trinajstić information content (AvgIpc) is 3.16. The third-order valence-corrected chi connectivity index (χ3v) is 8.30. The van der Waals surface area contributed by atoms with E-state index in [1.54, 1.807) is 6.08 Å². The van der Waals surface area contributed by atoms with E-state index in [0.717, 1.165) is 57.8 Å². The highest BCUT2D eigenvalue weighted by Gasteiger charge is 2.25. The minimum atomic E-state index is -4.41. The third-order valence-electron chi connectivity index (χ3n) is 7.31. The first-order chi connectivity index (χ1) is 26.2. The number of hydrogen-bond donors (Lipinski definition) is 3. The number of phosphoric ester groups is 1. The summed E-state index contributed by atoms with van der Waals surface area (Å²) in [6.07, 6.45) is 46.5. The van der Waals surface area contributed by atoms with Gasteiger partial charge in [-0.2, -0.15) is 0 Å². The molecule has 0 aliphatic carbocycles. The molecular weight excluding hydrogens is 705 g/mol. The number of carbonyl (C=O) groups excluding carboxylic acids is 2. The second kappa shape index (κ2) is 37.9. The molecule has 10 nitrogen and oxygen atoms in total. The lowest BCUT2D eigenvalue weighted by molar-refractivity contribution is -0.161. The molecule has 4 N–H and O–H groups in total. The lowest BCUT2D eigenvalue weighted by Crippen LogP contribution is -2.29. The lowest BCUT2D eigenvalue weighted by atomic mass is 10.2. The predicted molar refractivity (Wildman–Crippen MR) is 220 cm³/mol. The number of nitrogens with two attached hydrogens (primary N) is 1. The van der Waals surface area contributed by atoms with Crippen molar-refractivity contribution in [2.24, 2.45) is 5.73 Å². The summed E-state index contributed by atoms with van der Waals surface area (Å²) < 4.78 is 32.5. The van der Waals surface area contributed by atoms with Crippen molar-refractivity contribution in [2.75, 3.05) is 26.4 Å². The molecule has 0 aromatic heterocycles. The van der Waals surface area contributed by atoms with Crippen molar-refractivity contribution in [2.45, 2.75) is 122 Å². The van der Waals surface area contributed by atoms with Gasteiger partial charge in [0, 0.05) is 19.4 Å². The van der Waals surface area contributed by atoms with Gasteiger partial charge in [-0.25, -0.2) is 4.57 Å². The molecule has 0 spiro atoms. The summed E-state index contributed by atoms with van der Waals surface area (Å²) in [7, 11) is -4.41. The number of allylic oxidation sites excluding steroid dienone is 17. The van der Waals surface area contributed by atoms with Crippen molar-refractivity contribution >= 4 is 19.8 Å². The molecule has 0 bridgehead atoms. The molecule has 0 aliphatic heterocycles. The summed E-state index contributed by atoms with van der Waals surface area (Å²) in [4.78, 5) is 34.7. The number of phosphoric acid groups is 1. The second-order valence-corrected chi connectivity index (χ2v) is 13.7. The molecule has 0 radical (unpaired) electrons. The molecule has 0 saturated heterocycles. The predicted octanol–water partition coefficient (Wildman–Crippen LogP) is 9.79. The Labute approximate surface area is 325 Å². The van der Waals surface area contributed by atoms with Crippen molar-refractivity contribution < 1.29 is 42.7 Å². The standard InChI is InChI=1S/C43H68NO9P/c1-3-5-6-7-8-9-10-11-12-17-20-23-26-29-32-35-43(47)53-41(39-52-54(48,49)51-37-36-44)38-50-42(46)34-31-28-25-22-19-16-14-13-15-18-21-24-27-30-33-40(45)4-2/h5-6,8-9,11-12,14-16,18,20,22-25,27,30,33,40-41,45H,3-4,7,10,13,17,19,21,26,28-29,31-32,34-39,44H2,1-2H3,(H,48,49)/b6-5-,9-8-,12-11-,16-14-,18-15-,23-20-,25-22-,27-24-,33-30+/t40-,41+/m0/s1. The van der Waals surface area contributed by atoms with Gasteiger partial charge in [0.2, 0.25) is 0 Å². The van der Waals surface area contributed by atoms with Crippen LogP contribution in [-0.4, -0.2) is 60.5 Å². The van der Waals surface area contributed by atoms with Gasteiger partial charge in [-0.05, 0) is 83.5 Å². The Balaban J connectivity index is 4.43. The molecule has 304 valence electrons. The first kappa shape index (κ1) is 50.6. The van der Waals surface area contributed by atoms with E-state index in [4.69, 9.17) is 24.3 Å². The van der Waals surface area contributed by atoms with Gasteiger partial charge in [0.25, 0.3) is 0 Å². The quantitative estimate of drug-likeness (QED) is 0.0189. The van der Waals surface area contributed by atoms with Crippen LogP contribution in [0.5, 0.6) is 0 Å². The Morgan fingerprint density at radius 3 is 1.72 bits per heavy atom. The Hall–Kier alpha value is -3.37. The summed E-state index contributed by atoms with van der Waals surface area (Å²) in [5, 5.41) is 9.46. The second-order valence-electron chi connectivity index (χ2n) is 12.2. The summed E-state index contributed by atoms with van der Waals surface area (Å²) in [6.45, 7) is 3.11. The molecule has 0 saturated carbocycles. The van der Waals surface area contributed by atoms with Crippen LogP contribution in [-0.2, 0) is 32.7 Å². The molecule has 0 rings (SSSR count). The molecule has 0 fully saturated rings. The Kier molecular flexibility index (Phi) is 35.6. The Morgan fingerprint density at radius 1 is 0.648 bits per heavy atom. The van der Waals surface area contributed by atoms with E-state index in [1.807, 2.05) is 37.3 Å². The van der Waals surface area contributed by atoms with Gasteiger partial charge in [0.15, 0.2) is 6.10 Å². The zero-order valence-corrected chi connectivity index (χ0v) is 33.7. The molecule has 54 heavy (non-hydrogen) atoms. The lowest BCUT2D eigenvalue weighted by Gasteiger charge is -2.19. The first-order valence-corrected chi connectivity index (χ1v) is 21.0. The molecule has 1 unspecified atom stereocenters. The number of ether oxygens (including phenoxy) is 2. The van der Waals surface area contributed by atoms with Crippen LogP contribution in [0.25, 0.3) is 0 Å². The number of aliphatic hydroxyl groups excluding tert-OH is 1. The zero-order valence-electron chi connectivity index (χ0n) is 32.8. The highest BCUT2D eigenvalue weighted by atomic mass is 31.2. The van der Waals surface area contributed by atoms with Crippen LogP contribution in [0.3, 0.4) is 0 Å². The van der Waals surface area contributed by atoms with Gasteiger partial charge in [-0.3, -0.25) is 18.6 Å². The minimum Gasteiger partial charge on any atom is -0.462 e. The fourth-order valence-electron chi connectivity index (χ4n) is 4.32. The van der Waals surface area contributed by atoms with Crippen LogP contribution in [0.4, 0.5) is 0 Å². The van der Waals surface area contributed by atoms with Crippen LogP contribution in [0.2, 0.25) is 0 Å². The number of esters is 2. The Bertz CT molecular complexity index is 1260. The maximum atomic E-state index is 12.5. The van der Waals surface area contributed by atoms with Crippen LogP contribution in [0, 0.1) is 0 Å². The van der Waals surface area contributed by atoms with Crippen molar-refractivity contribution in [3.8, 4) is 0 Å². The smallest absolute Gasteiger partial charge is 0.462 e. The average molecular weight is 774 g/mol. The van der Waals surface area contributed by atoms with Gasteiger partial charge >= 0.3 is 19.8 Å². The highest BCUT2D eigenvalue weighted by molar-refractivity contribution is 7.47. The van der Waals surface area contributed by atoms with Gasteiger partial charge in [0.1, 0.15) is 6.61 Å². The normalized spacial score (nSPS) is 15.1. The van der Waals surface area contributed by atoms with Crippen molar-refractivity contribution in [3.63, 3.8) is 0 Å². The molecule has 0 heterocycles. The topological polar surface area (TPSA) is 155 Å². The molecule has 0 amide bonds. The fraction of sp³-hybridized carbons (Fsp3) is 0.535. The van der Waals surface area contributed by atoms with Gasteiger partial charge < -0.3 is 25.2 Å². The minimum absolute atomic E-state index is 0.0266. The van der Waals surface area contributed by atoms with E-state index < -0.39 is 32.5 Å². The monoisotopic (exact) mass is 773 g/mol. The van der Waals surface area contributed by atoms with E-state index in [9.17, 15) is 24.2 Å². The number of rotatable bonds is 34. The molecule has 0 aromatic rings. The highest BCUT2D eigenvalue weighted by Crippen LogP contribution is 2.43. The molecule has 0 aliphatic rings. The fourth-order valence-corrected chi connectivity index (χ4v) is 5.08. The van der Waals surface area contributed by atoms with Gasteiger partial charge in [0.05, 0.1) is 19.3 Å². The van der Waals surface area contributed by atoms with Crippen molar-refractivity contribution in [1.29, 1.82) is 0 Å². The Morgan fingerprint density at radius 2 is 1.17 bits per heavy atom. The summed E-state index contributed by atoms with van der Waals surface area (Å²) in [5.74, 6) is -0.981. The summed E-state index contributed by atoms with van der Waals surface area (Å²) in [6, 6.07) is 0.